The minimum atomic E-state index is -4.40. The predicted octanol–water partition coefficient (Wildman–Crippen LogP) is 3.86. The van der Waals surface area contributed by atoms with E-state index in [4.69, 9.17) is 0 Å². The molecule has 0 fully saturated rings. The number of hydrogen-bond acceptors (Lipinski definition) is 3. The van der Waals surface area contributed by atoms with Crippen LogP contribution in [-0.4, -0.2) is 25.5 Å². The first-order valence-corrected chi connectivity index (χ1v) is 8.58. The second-order valence-corrected chi connectivity index (χ2v) is 6.66. The van der Waals surface area contributed by atoms with Gasteiger partial charge in [-0.05, 0) is 38.5 Å². The highest BCUT2D eigenvalue weighted by Crippen LogP contribution is 2.30. The molecular weight excluding hydrogens is 371 g/mol. The molecule has 0 spiro atoms. The van der Waals surface area contributed by atoms with Crippen LogP contribution in [0.2, 0.25) is 0 Å². The van der Waals surface area contributed by atoms with Gasteiger partial charge in [0.1, 0.15) is 0 Å². The summed E-state index contributed by atoms with van der Waals surface area (Å²) in [6, 6.07) is 5.13. The number of carbonyl (C=O) groups excluding carboxylic acids is 1. The summed E-state index contributed by atoms with van der Waals surface area (Å²) in [5, 5.41) is 11.4. The summed E-state index contributed by atoms with van der Waals surface area (Å²) in [4.78, 5) is 12.5. The number of amides is 1. The Morgan fingerprint density at radius 2 is 1.86 bits per heavy atom. The lowest BCUT2D eigenvalue weighted by atomic mass is 10.1. The number of alkyl halides is 3. The van der Waals surface area contributed by atoms with Gasteiger partial charge in [-0.1, -0.05) is 12.1 Å². The first-order chi connectivity index (χ1) is 13.1. The number of halogens is 3. The Morgan fingerprint density at radius 3 is 2.46 bits per heavy atom. The maximum atomic E-state index is 12.9. The highest BCUT2D eigenvalue weighted by atomic mass is 19.4. The molecule has 0 atom stereocenters. The lowest BCUT2D eigenvalue weighted by Crippen LogP contribution is -2.14. The summed E-state index contributed by atoms with van der Waals surface area (Å²) >= 11 is 0. The second kappa shape index (κ2) is 7.14. The minimum absolute atomic E-state index is 0.165. The molecular formula is C19H20F3N5O. The Morgan fingerprint density at radius 1 is 1.14 bits per heavy atom. The third kappa shape index (κ3) is 3.92. The van der Waals surface area contributed by atoms with Crippen LogP contribution in [-0.2, 0) is 19.8 Å². The van der Waals surface area contributed by atoms with Crippen LogP contribution in [0.5, 0.6) is 0 Å². The van der Waals surface area contributed by atoms with Gasteiger partial charge >= 0.3 is 6.18 Å². The smallest absolute Gasteiger partial charge is 0.319 e. The largest absolute Gasteiger partial charge is 0.416 e. The van der Waals surface area contributed by atoms with E-state index < -0.39 is 11.7 Å². The molecule has 0 saturated carbocycles. The van der Waals surface area contributed by atoms with Crippen LogP contribution in [0.25, 0.3) is 0 Å². The van der Waals surface area contributed by atoms with Gasteiger partial charge in [0.2, 0.25) is 0 Å². The fourth-order valence-corrected chi connectivity index (χ4v) is 3.05. The fourth-order valence-electron chi connectivity index (χ4n) is 3.05. The number of benzene rings is 1. The second-order valence-electron chi connectivity index (χ2n) is 6.66. The zero-order chi connectivity index (χ0) is 20.6. The Kier molecular flexibility index (Phi) is 5.01. The molecule has 0 aliphatic rings. The molecule has 0 unspecified atom stereocenters. The van der Waals surface area contributed by atoms with Crippen molar-refractivity contribution in [2.45, 2.75) is 33.5 Å². The topological polar surface area (TPSA) is 64.7 Å². The number of nitrogens with zero attached hydrogens (tertiary/aromatic N) is 4. The van der Waals surface area contributed by atoms with E-state index in [1.807, 2.05) is 0 Å². The van der Waals surface area contributed by atoms with Crippen LogP contribution in [0.1, 0.15) is 38.6 Å². The van der Waals surface area contributed by atoms with Crippen LogP contribution in [0.3, 0.4) is 0 Å². The molecule has 3 rings (SSSR count). The average Bonchev–Trinajstić information content (AvgIpc) is 3.07. The van der Waals surface area contributed by atoms with Crippen molar-refractivity contribution in [2.24, 2.45) is 7.05 Å². The Labute approximate surface area is 160 Å². The van der Waals surface area contributed by atoms with Gasteiger partial charge in [0.25, 0.3) is 5.91 Å². The van der Waals surface area contributed by atoms with E-state index in [2.05, 4.69) is 15.5 Å². The van der Waals surface area contributed by atoms with Crippen LogP contribution in [0, 0.1) is 20.8 Å². The number of aryl methyl sites for hydroxylation is 3. The van der Waals surface area contributed by atoms with E-state index in [1.54, 1.807) is 49.4 Å². The van der Waals surface area contributed by atoms with Crippen molar-refractivity contribution in [3.8, 4) is 0 Å². The molecule has 148 valence electrons. The first-order valence-electron chi connectivity index (χ1n) is 8.58. The van der Waals surface area contributed by atoms with Crippen molar-refractivity contribution >= 4 is 11.6 Å². The van der Waals surface area contributed by atoms with Crippen molar-refractivity contribution in [3.63, 3.8) is 0 Å². The van der Waals surface area contributed by atoms with Crippen LogP contribution in [0.4, 0.5) is 18.9 Å². The minimum Gasteiger partial charge on any atom is -0.319 e. The van der Waals surface area contributed by atoms with Gasteiger partial charge in [0, 0.05) is 13.2 Å². The van der Waals surface area contributed by atoms with E-state index >= 15 is 0 Å². The van der Waals surface area contributed by atoms with Gasteiger partial charge in [-0.25, -0.2) is 0 Å². The summed E-state index contributed by atoms with van der Waals surface area (Å²) in [6.45, 7) is 5.41. The number of anilines is 1. The molecule has 0 saturated heterocycles. The van der Waals surface area contributed by atoms with Crippen molar-refractivity contribution in [1.29, 1.82) is 0 Å². The normalized spacial score (nSPS) is 11.7. The van der Waals surface area contributed by atoms with Gasteiger partial charge in [0.05, 0.1) is 40.4 Å². The van der Waals surface area contributed by atoms with Gasteiger partial charge in [-0.15, -0.1) is 0 Å². The third-order valence-electron chi connectivity index (χ3n) is 4.46. The summed E-state index contributed by atoms with van der Waals surface area (Å²) in [5.41, 5.74) is 2.61. The molecule has 0 bridgehead atoms. The summed E-state index contributed by atoms with van der Waals surface area (Å²) in [7, 11) is 1.73. The molecule has 0 aliphatic carbocycles. The van der Waals surface area contributed by atoms with Crippen molar-refractivity contribution in [2.75, 3.05) is 5.32 Å². The molecule has 9 heteroatoms. The highest BCUT2D eigenvalue weighted by Gasteiger charge is 2.30. The molecule has 3 aromatic rings. The Hall–Kier alpha value is -3.10. The van der Waals surface area contributed by atoms with E-state index in [1.165, 1.54) is 6.07 Å². The SMILES string of the molecule is Cc1nn(C)cc1C(=O)Nc1c(C)nn(Cc2cccc(C(F)(F)F)c2)c1C. The fraction of sp³-hybridized carbons (Fsp3) is 0.316. The van der Waals surface area contributed by atoms with Crippen LogP contribution >= 0.6 is 0 Å². The lowest BCUT2D eigenvalue weighted by Gasteiger charge is -2.10. The predicted molar refractivity (Wildman–Crippen MR) is 98.1 cm³/mol. The monoisotopic (exact) mass is 391 g/mol. The van der Waals surface area contributed by atoms with E-state index in [0.29, 0.717) is 33.9 Å². The zero-order valence-corrected chi connectivity index (χ0v) is 15.9. The maximum absolute atomic E-state index is 12.9. The number of hydrogen-bond donors (Lipinski definition) is 1. The molecule has 1 aromatic carbocycles. The van der Waals surface area contributed by atoms with Crippen LogP contribution in [0.15, 0.2) is 30.5 Å². The number of carbonyl (C=O) groups is 1. The van der Waals surface area contributed by atoms with Crippen molar-refractivity contribution in [1.82, 2.24) is 19.6 Å². The molecule has 1 N–H and O–H groups in total. The molecule has 2 aromatic heterocycles. The lowest BCUT2D eigenvalue weighted by molar-refractivity contribution is -0.137. The summed E-state index contributed by atoms with van der Waals surface area (Å²) < 4.78 is 41.9. The third-order valence-corrected chi connectivity index (χ3v) is 4.46. The first kappa shape index (κ1) is 19.7. The summed E-state index contributed by atoms with van der Waals surface area (Å²) in [5.74, 6) is -0.310. The molecule has 1 amide bonds. The van der Waals surface area contributed by atoms with Gasteiger partial charge in [0.15, 0.2) is 0 Å². The molecule has 0 aliphatic heterocycles. The van der Waals surface area contributed by atoms with Crippen molar-refractivity contribution < 1.29 is 18.0 Å². The molecule has 28 heavy (non-hydrogen) atoms. The molecule has 2 heterocycles. The van der Waals surface area contributed by atoms with Gasteiger partial charge < -0.3 is 5.32 Å². The number of rotatable bonds is 4. The van der Waals surface area contributed by atoms with Crippen molar-refractivity contribution in [3.05, 3.63) is 64.2 Å². The highest BCUT2D eigenvalue weighted by molar-refractivity contribution is 6.05. The van der Waals surface area contributed by atoms with E-state index in [0.717, 1.165) is 12.1 Å². The average molecular weight is 391 g/mol. The quantitative estimate of drug-likeness (QED) is 0.735. The Balaban J connectivity index is 1.84. The number of nitrogens with one attached hydrogen (secondary N) is 1. The van der Waals surface area contributed by atoms with E-state index in [9.17, 15) is 18.0 Å². The standard InChI is InChI=1S/C19H20F3N5O/c1-11-16(10-26(4)24-11)18(28)23-17-12(2)25-27(13(17)3)9-14-6-5-7-15(8-14)19(20,21)22/h5-8,10H,9H2,1-4H3,(H,23,28). The molecule has 0 radical (unpaired) electrons. The van der Waals surface area contributed by atoms with Gasteiger partial charge in [-0.2, -0.15) is 23.4 Å². The maximum Gasteiger partial charge on any atom is 0.416 e. The number of aromatic nitrogens is 4. The molecule has 6 nitrogen and oxygen atoms in total. The Bertz CT molecular complexity index is 1030. The summed E-state index contributed by atoms with van der Waals surface area (Å²) in [6.07, 6.45) is -2.77. The van der Waals surface area contributed by atoms with E-state index in [-0.39, 0.29) is 12.5 Å². The van der Waals surface area contributed by atoms with Crippen LogP contribution < -0.4 is 5.32 Å². The zero-order valence-electron chi connectivity index (χ0n) is 15.9. The van der Waals surface area contributed by atoms with Gasteiger partial charge in [-0.3, -0.25) is 14.2 Å².